The Labute approximate surface area is 195 Å². The molecule has 0 aliphatic carbocycles. The molecule has 0 amide bonds. The fraction of sp³-hybridized carbons (Fsp3) is 0.115. The van der Waals surface area contributed by atoms with Gasteiger partial charge in [-0.05, 0) is 30.7 Å². The number of ether oxygens (including phenoxy) is 1. The Hall–Kier alpha value is -3.84. The van der Waals surface area contributed by atoms with Crippen molar-refractivity contribution >= 4 is 17.4 Å². The van der Waals surface area contributed by atoms with Crippen molar-refractivity contribution in [2.75, 3.05) is 7.11 Å². The van der Waals surface area contributed by atoms with E-state index >= 15 is 0 Å². The zero-order chi connectivity index (χ0) is 22.8. The van der Waals surface area contributed by atoms with Crippen LogP contribution in [0.4, 0.5) is 0 Å². The molecule has 0 spiro atoms. The highest BCUT2D eigenvalue weighted by molar-refractivity contribution is 7.98. The van der Waals surface area contributed by atoms with E-state index in [0.717, 1.165) is 33.4 Å². The second-order valence-electron chi connectivity index (χ2n) is 7.61. The highest BCUT2D eigenvalue weighted by atomic mass is 32.2. The number of nitrogens with zero attached hydrogens (tertiary/aromatic N) is 4. The van der Waals surface area contributed by atoms with Crippen LogP contribution in [0.25, 0.3) is 22.6 Å². The zero-order valence-corrected chi connectivity index (χ0v) is 19.1. The van der Waals surface area contributed by atoms with Crippen LogP contribution in [-0.4, -0.2) is 26.0 Å². The number of rotatable bonds is 6. The van der Waals surface area contributed by atoms with Crippen molar-refractivity contribution in [1.29, 1.82) is 0 Å². The molecule has 0 saturated heterocycles. The van der Waals surface area contributed by atoms with Crippen molar-refractivity contribution in [3.63, 3.8) is 0 Å². The topological polar surface area (TPSA) is 61.4 Å². The molecule has 0 saturated carbocycles. The number of pyridine rings is 1. The van der Waals surface area contributed by atoms with Crippen LogP contribution in [0.15, 0.2) is 95.1 Å². The third-order valence-electron chi connectivity index (χ3n) is 5.33. The lowest BCUT2D eigenvalue weighted by atomic mass is 10.1. The molecular weight excluding hydrogens is 432 g/mol. The standard InChI is InChI=1S/C26H22N4O2S/c1-18-12-13-24-28-20(14-25(31)29(24)16-18)17-33-26-27-15-22(19-8-4-3-5-9-19)30(26)21-10-6-7-11-23(21)32-2/h3-16H,17H2,1-2H3. The lowest BCUT2D eigenvalue weighted by Crippen LogP contribution is -2.15. The first-order valence-corrected chi connectivity index (χ1v) is 11.5. The van der Waals surface area contributed by atoms with E-state index in [2.05, 4.69) is 21.7 Å². The van der Waals surface area contributed by atoms with Crippen molar-refractivity contribution in [1.82, 2.24) is 18.9 Å². The molecule has 0 N–H and O–H groups in total. The molecule has 7 heteroatoms. The molecule has 3 aromatic heterocycles. The molecule has 0 atom stereocenters. The second kappa shape index (κ2) is 8.96. The molecule has 0 aliphatic heterocycles. The number of methoxy groups -OCH3 is 1. The quantitative estimate of drug-likeness (QED) is 0.332. The Kier molecular flexibility index (Phi) is 5.71. The van der Waals surface area contributed by atoms with Crippen molar-refractivity contribution in [3.05, 3.63) is 107 Å². The maximum Gasteiger partial charge on any atom is 0.258 e. The maximum atomic E-state index is 12.6. The number of hydrogen-bond donors (Lipinski definition) is 0. The highest BCUT2D eigenvalue weighted by Crippen LogP contribution is 2.34. The fourth-order valence-electron chi connectivity index (χ4n) is 3.77. The van der Waals surface area contributed by atoms with Crippen molar-refractivity contribution in [2.45, 2.75) is 17.8 Å². The monoisotopic (exact) mass is 454 g/mol. The predicted octanol–water partition coefficient (Wildman–Crippen LogP) is 5.16. The van der Waals surface area contributed by atoms with E-state index in [4.69, 9.17) is 9.72 Å². The number of hydrogen-bond acceptors (Lipinski definition) is 5. The van der Waals surface area contributed by atoms with Gasteiger partial charge in [0.15, 0.2) is 5.16 Å². The molecule has 0 bridgehead atoms. The zero-order valence-electron chi connectivity index (χ0n) is 18.3. The Bertz CT molecular complexity index is 1490. The SMILES string of the molecule is COc1ccccc1-n1c(-c2ccccc2)cnc1SCc1cc(=O)n2cc(C)ccc2n1. The normalized spacial score (nSPS) is 11.1. The third-order valence-corrected chi connectivity index (χ3v) is 6.32. The minimum absolute atomic E-state index is 0.0858. The van der Waals surface area contributed by atoms with Crippen molar-refractivity contribution in [3.8, 4) is 22.7 Å². The van der Waals surface area contributed by atoms with Crippen LogP contribution in [0.5, 0.6) is 5.75 Å². The van der Waals surface area contributed by atoms with E-state index in [1.807, 2.05) is 73.9 Å². The van der Waals surface area contributed by atoms with Gasteiger partial charge in [-0.25, -0.2) is 9.97 Å². The summed E-state index contributed by atoms with van der Waals surface area (Å²) >= 11 is 1.54. The largest absolute Gasteiger partial charge is 0.495 e. The van der Waals surface area contributed by atoms with Gasteiger partial charge in [-0.3, -0.25) is 13.8 Å². The van der Waals surface area contributed by atoms with Gasteiger partial charge in [0.05, 0.1) is 30.4 Å². The molecule has 2 aromatic carbocycles. The fourth-order valence-corrected chi connectivity index (χ4v) is 4.65. The smallest absolute Gasteiger partial charge is 0.258 e. The summed E-state index contributed by atoms with van der Waals surface area (Å²) in [5.74, 6) is 1.27. The van der Waals surface area contributed by atoms with E-state index in [0.29, 0.717) is 17.1 Å². The lowest BCUT2D eigenvalue weighted by Gasteiger charge is -2.15. The van der Waals surface area contributed by atoms with Gasteiger partial charge in [0.25, 0.3) is 5.56 Å². The number of thioether (sulfide) groups is 1. The predicted molar refractivity (Wildman–Crippen MR) is 131 cm³/mol. The molecule has 5 rings (SSSR count). The maximum absolute atomic E-state index is 12.6. The van der Waals surface area contributed by atoms with Crippen LogP contribution in [0.3, 0.4) is 0 Å². The average molecular weight is 455 g/mol. The molecule has 0 aliphatic rings. The summed E-state index contributed by atoms with van der Waals surface area (Å²) in [6.07, 6.45) is 3.68. The molecule has 6 nitrogen and oxygen atoms in total. The van der Waals surface area contributed by atoms with Crippen LogP contribution in [-0.2, 0) is 5.75 Å². The first-order valence-electron chi connectivity index (χ1n) is 10.5. The third kappa shape index (κ3) is 4.15. The average Bonchev–Trinajstić information content (AvgIpc) is 3.27. The first kappa shape index (κ1) is 21.0. The minimum Gasteiger partial charge on any atom is -0.495 e. The van der Waals surface area contributed by atoms with Gasteiger partial charge in [0.2, 0.25) is 0 Å². The summed E-state index contributed by atoms with van der Waals surface area (Å²) in [6, 6.07) is 23.4. The van der Waals surface area contributed by atoms with E-state index in [-0.39, 0.29) is 5.56 Å². The van der Waals surface area contributed by atoms with Crippen molar-refractivity contribution < 1.29 is 4.74 Å². The van der Waals surface area contributed by atoms with Crippen LogP contribution in [0.2, 0.25) is 0 Å². The molecule has 0 unspecified atom stereocenters. The van der Waals surface area contributed by atoms with Gasteiger partial charge < -0.3 is 4.74 Å². The molecule has 0 radical (unpaired) electrons. The molecule has 5 aromatic rings. The van der Waals surface area contributed by atoms with Gasteiger partial charge in [-0.15, -0.1) is 0 Å². The molecule has 0 fully saturated rings. The number of imidazole rings is 1. The van der Waals surface area contributed by atoms with E-state index in [9.17, 15) is 4.79 Å². The number of para-hydroxylation sites is 2. The van der Waals surface area contributed by atoms with Crippen LogP contribution < -0.4 is 10.3 Å². The van der Waals surface area contributed by atoms with Gasteiger partial charge in [0.1, 0.15) is 11.4 Å². The highest BCUT2D eigenvalue weighted by Gasteiger charge is 2.17. The summed E-state index contributed by atoms with van der Waals surface area (Å²) in [5, 5.41) is 0.796. The summed E-state index contributed by atoms with van der Waals surface area (Å²) < 4.78 is 9.31. The summed E-state index contributed by atoms with van der Waals surface area (Å²) in [6.45, 7) is 1.96. The Morgan fingerprint density at radius 2 is 1.79 bits per heavy atom. The number of benzene rings is 2. The van der Waals surface area contributed by atoms with Crippen LogP contribution in [0, 0.1) is 6.92 Å². The minimum atomic E-state index is -0.0858. The number of fused-ring (bicyclic) bond motifs is 1. The number of aryl methyl sites for hydroxylation is 1. The number of aromatic nitrogens is 4. The molecule has 3 heterocycles. The van der Waals surface area contributed by atoms with Crippen LogP contribution >= 0.6 is 11.8 Å². The summed E-state index contributed by atoms with van der Waals surface area (Å²) in [5.41, 5.74) is 5.20. The first-order chi connectivity index (χ1) is 16.1. The Morgan fingerprint density at radius 3 is 2.61 bits per heavy atom. The van der Waals surface area contributed by atoms with Gasteiger partial charge in [-0.1, -0.05) is 60.3 Å². The van der Waals surface area contributed by atoms with E-state index in [1.165, 1.54) is 11.8 Å². The Morgan fingerprint density at radius 1 is 1.00 bits per heavy atom. The molecule has 33 heavy (non-hydrogen) atoms. The van der Waals surface area contributed by atoms with Crippen molar-refractivity contribution in [2.24, 2.45) is 0 Å². The molecule has 164 valence electrons. The van der Waals surface area contributed by atoms with E-state index in [1.54, 1.807) is 17.6 Å². The lowest BCUT2D eigenvalue weighted by molar-refractivity contribution is 0.412. The van der Waals surface area contributed by atoms with E-state index < -0.39 is 0 Å². The van der Waals surface area contributed by atoms with Crippen LogP contribution in [0.1, 0.15) is 11.3 Å². The second-order valence-corrected chi connectivity index (χ2v) is 8.55. The summed E-state index contributed by atoms with van der Waals surface area (Å²) in [7, 11) is 1.67. The molecular formula is C26H22N4O2S. The summed E-state index contributed by atoms with van der Waals surface area (Å²) in [4.78, 5) is 22.0. The Balaban J connectivity index is 1.55. The van der Waals surface area contributed by atoms with Gasteiger partial charge in [-0.2, -0.15) is 0 Å². The van der Waals surface area contributed by atoms with Gasteiger partial charge in [0, 0.05) is 23.6 Å². The van der Waals surface area contributed by atoms with Gasteiger partial charge >= 0.3 is 0 Å².